The van der Waals surface area contributed by atoms with Crippen LogP contribution in [0.2, 0.25) is 0 Å². The quantitative estimate of drug-likeness (QED) is 0.634. The van der Waals surface area contributed by atoms with E-state index in [4.69, 9.17) is 4.99 Å². The van der Waals surface area contributed by atoms with Crippen molar-refractivity contribution in [2.45, 2.75) is 46.6 Å². The molecule has 1 fully saturated rings. The minimum atomic E-state index is -0.263. The molecule has 2 aliphatic rings. The fourth-order valence-corrected chi connectivity index (χ4v) is 5.95. The van der Waals surface area contributed by atoms with E-state index >= 15 is 4.39 Å². The lowest BCUT2D eigenvalue weighted by Crippen LogP contribution is -2.34. The van der Waals surface area contributed by atoms with Gasteiger partial charge in [0.2, 0.25) is 0 Å². The van der Waals surface area contributed by atoms with Crippen LogP contribution >= 0.6 is 11.3 Å². The summed E-state index contributed by atoms with van der Waals surface area (Å²) in [6.45, 7) is 9.99. The number of aryl methyl sites for hydroxylation is 2. The third-order valence-electron chi connectivity index (χ3n) is 6.80. The third-order valence-corrected chi connectivity index (χ3v) is 7.99. The molecule has 6 nitrogen and oxygen atoms in total. The summed E-state index contributed by atoms with van der Waals surface area (Å²) >= 11 is 1.68. The number of hydrogen-bond acceptors (Lipinski definition) is 6. The number of fused-ring (bicyclic) bond motifs is 3. The summed E-state index contributed by atoms with van der Waals surface area (Å²) in [5.74, 6) is 1.68. The Bertz CT molecular complexity index is 1210. The average molecular weight is 454 g/mol. The lowest BCUT2D eigenvalue weighted by atomic mass is 9.96. The van der Waals surface area contributed by atoms with Gasteiger partial charge in [-0.3, -0.25) is 9.56 Å². The first-order chi connectivity index (χ1) is 15.4. The molecule has 5 rings (SSSR count). The van der Waals surface area contributed by atoms with Gasteiger partial charge in [-0.05, 0) is 70.2 Å². The first-order valence-electron chi connectivity index (χ1n) is 11.1. The van der Waals surface area contributed by atoms with E-state index in [1.807, 2.05) is 26.0 Å². The van der Waals surface area contributed by atoms with E-state index in [1.165, 1.54) is 4.88 Å². The number of rotatable bonds is 3. The second-order valence-electron chi connectivity index (χ2n) is 8.84. The summed E-state index contributed by atoms with van der Waals surface area (Å²) < 4.78 is 17.6. The molecule has 1 aromatic carbocycles. The molecular weight excluding hydrogens is 425 g/mol. The van der Waals surface area contributed by atoms with Crippen molar-refractivity contribution < 1.29 is 9.50 Å². The van der Waals surface area contributed by atoms with Gasteiger partial charge in [0.1, 0.15) is 22.7 Å². The van der Waals surface area contributed by atoms with E-state index in [9.17, 15) is 5.11 Å². The molecule has 1 atom stereocenters. The molecule has 1 saturated heterocycles. The van der Waals surface area contributed by atoms with E-state index in [0.717, 1.165) is 59.4 Å². The van der Waals surface area contributed by atoms with Gasteiger partial charge in [0, 0.05) is 41.4 Å². The predicted molar refractivity (Wildman–Crippen MR) is 126 cm³/mol. The Balaban J connectivity index is 1.58. The number of thiophene rings is 1. The largest absolute Gasteiger partial charge is 0.396 e. The van der Waals surface area contributed by atoms with E-state index < -0.39 is 0 Å². The maximum atomic E-state index is 15.6. The molecule has 8 heteroatoms. The second-order valence-corrected chi connectivity index (χ2v) is 10.0. The summed E-state index contributed by atoms with van der Waals surface area (Å²) in [5.41, 5.74) is 4.17. The van der Waals surface area contributed by atoms with Gasteiger partial charge >= 0.3 is 0 Å². The molecule has 1 N–H and O–H groups in total. The highest BCUT2D eigenvalue weighted by molar-refractivity contribution is 7.15. The van der Waals surface area contributed by atoms with Crippen molar-refractivity contribution in [3.8, 4) is 5.00 Å². The molecule has 0 aliphatic carbocycles. The molecule has 4 heterocycles. The Morgan fingerprint density at radius 3 is 2.59 bits per heavy atom. The number of halogens is 1. The molecule has 0 bridgehead atoms. The van der Waals surface area contributed by atoms with Crippen LogP contribution in [0, 0.1) is 32.5 Å². The Labute approximate surface area is 191 Å². The maximum absolute atomic E-state index is 15.6. The molecule has 0 amide bonds. The van der Waals surface area contributed by atoms with Crippen LogP contribution < -0.4 is 4.90 Å². The monoisotopic (exact) mass is 453 g/mol. The summed E-state index contributed by atoms with van der Waals surface area (Å²) in [4.78, 5) is 8.34. The van der Waals surface area contributed by atoms with Crippen molar-refractivity contribution in [3.05, 3.63) is 57.2 Å². The van der Waals surface area contributed by atoms with Crippen molar-refractivity contribution in [1.82, 2.24) is 14.8 Å². The Kier molecular flexibility index (Phi) is 5.37. The molecular formula is C24H28FN5OS. The molecule has 0 spiro atoms. The van der Waals surface area contributed by atoms with Crippen LogP contribution in [0.3, 0.4) is 0 Å². The normalized spacial score (nSPS) is 18.9. The SMILES string of the molecule is Cc1sc2c(c1C)C(c1ccc(N3CCC(CO)CC3)cc1F)=N[C@@H](C)c1nnc(C)n1-2. The van der Waals surface area contributed by atoms with E-state index in [2.05, 4.69) is 33.5 Å². The van der Waals surface area contributed by atoms with Crippen LogP contribution in [0.15, 0.2) is 23.2 Å². The van der Waals surface area contributed by atoms with Gasteiger partial charge in [0.05, 0.1) is 5.71 Å². The molecule has 3 aromatic rings. The average Bonchev–Trinajstić information content (AvgIpc) is 3.27. The van der Waals surface area contributed by atoms with Gasteiger partial charge in [-0.2, -0.15) is 0 Å². The highest BCUT2D eigenvalue weighted by Crippen LogP contribution is 2.39. The fraction of sp³-hybridized carbons (Fsp3) is 0.458. The molecule has 0 saturated carbocycles. The van der Waals surface area contributed by atoms with Gasteiger partial charge in [-0.25, -0.2) is 4.39 Å². The van der Waals surface area contributed by atoms with Crippen LogP contribution in [0.25, 0.3) is 5.00 Å². The van der Waals surface area contributed by atoms with Crippen molar-refractivity contribution in [1.29, 1.82) is 0 Å². The smallest absolute Gasteiger partial charge is 0.162 e. The Morgan fingerprint density at radius 2 is 1.91 bits per heavy atom. The number of anilines is 1. The van der Waals surface area contributed by atoms with Crippen molar-refractivity contribution in [2.75, 3.05) is 24.6 Å². The summed E-state index contributed by atoms with van der Waals surface area (Å²) in [7, 11) is 0. The van der Waals surface area contributed by atoms with Crippen molar-refractivity contribution >= 4 is 22.7 Å². The number of hydrogen-bond donors (Lipinski definition) is 1. The van der Waals surface area contributed by atoms with Crippen molar-refractivity contribution in [3.63, 3.8) is 0 Å². The third kappa shape index (κ3) is 3.36. The van der Waals surface area contributed by atoms with Crippen LogP contribution in [0.4, 0.5) is 10.1 Å². The lowest BCUT2D eigenvalue weighted by molar-refractivity contribution is 0.203. The number of aliphatic imine (C=N–C) groups is 1. The number of aliphatic hydroxyl groups excluding tert-OH is 1. The van der Waals surface area contributed by atoms with E-state index in [0.29, 0.717) is 17.2 Å². The first-order valence-corrected chi connectivity index (χ1v) is 12.0. The second kappa shape index (κ2) is 8.08. The zero-order valence-electron chi connectivity index (χ0n) is 18.9. The molecule has 2 aliphatic heterocycles. The van der Waals surface area contributed by atoms with Gasteiger partial charge in [0.25, 0.3) is 0 Å². The number of aromatic nitrogens is 3. The van der Waals surface area contributed by atoms with Crippen LogP contribution in [0.5, 0.6) is 0 Å². The van der Waals surface area contributed by atoms with Gasteiger partial charge < -0.3 is 10.0 Å². The highest BCUT2D eigenvalue weighted by atomic mass is 32.1. The van der Waals surface area contributed by atoms with Crippen molar-refractivity contribution in [2.24, 2.45) is 10.9 Å². The highest BCUT2D eigenvalue weighted by Gasteiger charge is 2.30. The maximum Gasteiger partial charge on any atom is 0.162 e. The minimum Gasteiger partial charge on any atom is -0.396 e. The van der Waals surface area contributed by atoms with Crippen LogP contribution in [0.1, 0.15) is 59.0 Å². The number of benzene rings is 1. The lowest BCUT2D eigenvalue weighted by Gasteiger charge is -2.33. The summed E-state index contributed by atoms with van der Waals surface area (Å²) in [6.07, 6.45) is 1.86. The molecule has 0 radical (unpaired) electrons. The standard InChI is InChI=1S/C24H28FN5OS/c1-13-15(3)32-24-21(13)22(26-14(2)23-28-27-16(4)30(23)24)19-6-5-18(11-20(19)25)29-9-7-17(12-31)8-10-29/h5-6,11,14,17,31H,7-10,12H2,1-4H3/t14-/m0/s1. The number of aliphatic hydroxyl groups is 1. The van der Waals surface area contributed by atoms with Crippen LogP contribution in [-0.2, 0) is 0 Å². The summed E-state index contributed by atoms with van der Waals surface area (Å²) in [6, 6.07) is 5.26. The minimum absolute atomic E-state index is 0.230. The first kappa shape index (κ1) is 21.3. The molecule has 168 valence electrons. The van der Waals surface area contributed by atoms with Gasteiger partial charge in [-0.15, -0.1) is 21.5 Å². The van der Waals surface area contributed by atoms with Crippen LogP contribution in [-0.4, -0.2) is 45.3 Å². The van der Waals surface area contributed by atoms with Gasteiger partial charge in [-0.1, -0.05) is 0 Å². The van der Waals surface area contributed by atoms with E-state index in [-0.39, 0.29) is 18.5 Å². The fourth-order valence-electron chi connectivity index (χ4n) is 4.73. The molecule has 0 unspecified atom stereocenters. The molecule has 2 aromatic heterocycles. The Morgan fingerprint density at radius 1 is 1.16 bits per heavy atom. The van der Waals surface area contributed by atoms with Gasteiger partial charge in [0.15, 0.2) is 5.82 Å². The van der Waals surface area contributed by atoms with E-state index in [1.54, 1.807) is 17.4 Å². The number of piperidine rings is 1. The Hall–Kier alpha value is -2.58. The zero-order chi connectivity index (χ0) is 22.6. The topological polar surface area (TPSA) is 66.5 Å². The zero-order valence-corrected chi connectivity index (χ0v) is 19.7. The number of nitrogens with zero attached hydrogens (tertiary/aromatic N) is 5. The molecule has 32 heavy (non-hydrogen) atoms. The predicted octanol–water partition coefficient (Wildman–Crippen LogP) is 4.51. The summed E-state index contributed by atoms with van der Waals surface area (Å²) in [5, 5.41) is 19.0.